The van der Waals surface area contributed by atoms with Crippen molar-refractivity contribution in [3.63, 3.8) is 0 Å². The number of rotatable bonds is 3. The SMILES string of the molecule is O=C(CN1C(=O)[C@@H]2[C@@H](C1=O)[C@H]1C=C[C@H]2C1)Nc1cccc2c1CCCC2. The molecule has 5 rings (SSSR count). The van der Waals surface area contributed by atoms with Gasteiger partial charge in [-0.05, 0) is 61.1 Å². The van der Waals surface area contributed by atoms with Crippen LogP contribution in [-0.2, 0) is 27.2 Å². The molecular formula is C21H22N2O3. The number of benzene rings is 1. The minimum absolute atomic E-state index is 0.165. The average Bonchev–Trinajstić information content (AvgIpc) is 3.32. The molecule has 1 saturated heterocycles. The predicted octanol–water partition coefficient (Wildman–Crippen LogP) is 2.31. The largest absolute Gasteiger partial charge is 0.324 e. The number of fused-ring (bicyclic) bond motifs is 6. The van der Waals surface area contributed by atoms with Crippen molar-refractivity contribution in [1.82, 2.24) is 4.90 Å². The van der Waals surface area contributed by atoms with E-state index in [1.807, 2.05) is 12.1 Å². The maximum absolute atomic E-state index is 12.7. The summed E-state index contributed by atoms with van der Waals surface area (Å²) in [6.07, 6.45) is 9.35. The number of hydrogen-bond acceptors (Lipinski definition) is 3. The summed E-state index contributed by atoms with van der Waals surface area (Å²) >= 11 is 0. The minimum atomic E-state index is -0.286. The van der Waals surface area contributed by atoms with Crippen molar-refractivity contribution in [1.29, 1.82) is 0 Å². The van der Waals surface area contributed by atoms with Crippen molar-refractivity contribution in [2.75, 3.05) is 11.9 Å². The van der Waals surface area contributed by atoms with E-state index in [0.29, 0.717) is 0 Å². The van der Waals surface area contributed by atoms with Crippen LogP contribution in [0, 0.1) is 23.7 Å². The number of anilines is 1. The van der Waals surface area contributed by atoms with E-state index in [4.69, 9.17) is 0 Å². The van der Waals surface area contributed by atoms with E-state index in [9.17, 15) is 14.4 Å². The van der Waals surface area contributed by atoms with Gasteiger partial charge in [0.1, 0.15) is 6.54 Å². The van der Waals surface area contributed by atoms with Crippen LogP contribution in [0.5, 0.6) is 0 Å². The Hall–Kier alpha value is -2.43. The number of likely N-dealkylation sites (tertiary alicyclic amines) is 1. The van der Waals surface area contributed by atoms with Crippen molar-refractivity contribution < 1.29 is 14.4 Å². The minimum Gasteiger partial charge on any atom is -0.324 e. The molecule has 3 aliphatic carbocycles. The van der Waals surface area contributed by atoms with Crippen molar-refractivity contribution in [3.05, 3.63) is 41.5 Å². The topological polar surface area (TPSA) is 66.5 Å². The van der Waals surface area contributed by atoms with E-state index in [1.165, 1.54) is 22.4 Å². The number of carbonyl (C=O) groups is 3. The first kappa shape index (κ1) is 15.8. The fraction of sp³-hybridized carbons (Fsp3) is 0.476. The third kappa shape index (κ3) is 2.26. The van der Waals surface area contributed by atoms with Gasteiger partial charge >= 0.3 is 0 Å². The molecule has 5 heteroatoms. The Morgan fingerprint density at radius 2 is 1.73 bits per heavy atom. The highest BCUT2D eigenvalue weighted by molar-refractivity contribution is 6.09. The summed E-state index contributed by atoms with van der Waals surface area (Å²) in [6.45, 7) is -0.173. The first-order valence-corrected chi connectivity index (χ1v) is 9.57. The van der Waals surface area contributed by atoms with E-state index in [2.05, 4.69) is 23.5 Å². The Morgan fingerprint density at radius 3 is 2.46 bits per heavy atom. The molecule has 134 valence electrons. The predicted molar refractivity (Wildman–Crippen MR) is 96.2 cm³/mol. The summed E-state index contributed by atoms with van der Waals surface area (Å²) in [4.78, 5) is 39.2. The highest BCUT2D eigenvalue weighted by Crippen LogP contribution is 2.52. The van der Waals surface area contributed by atoms with Crippen LogP contribution in [0.1, 0.15) is 30.4 Å². The molecule has 2 bridgehead atoms. The van der Waals surface area contributed by atoms with Crippen LogP contribution in [0.3, 0.4) is 0 Å². The lowest BCUT2D eigenvalue weighted by Gasteiger charge is -2.21. The van der Waals surface area contributed by atoms with Gasteiger partial charge in [0.2, 0.25) is 17.7 Å². The van der Waals surface area contributed by atoms with Crippen LogP contribution in [0.15, 0.2) is 30.4 Å². The monoisotopic (exact) mass is 350 g/mol. The molecule has 4 aliphatic rings. The van der Waals surface area contributed by atoms with Crippen molar-refractivity contribution in [2.45, 2.75) is 32.1 Å². The molecule has 1 heterocycles. The summed E-state index contributed by atoms with van der Waals surface area (Å²) in [6, 6.07) is 5.98. The average molecular weight is 350 g/mol. The number of aryl methyl sites for hydroxylation is 1. The van der Waals surface area contributed by atoms with Gasteiger partial charge in [0.25, 0.3) is 0 Å². The van der Waals surface area contributed by atoms with E-state index >= 15 is 0 Å². The molecule has 26 heavy (non-hydrogen) atoms. The molecule has 1 aliphatic heterocycles. The molecule has 1 saturated carbocycles. The lowest BCUT2D eigenvalue weighted by Crippen LogP contribution is -2.39. The van der Waals surface area contributed by atoms with Crippen LogP contribution < -0.4 is 5.32 Å². The second kappa shape index (κ2) is 5.79. The third-order valence-corrected chi connectivity index (χ3v) is 6.53. The first-order valence-electron chi connectivity index (χ1n) is 9.57. The third-order valence-electron chi connectivity index (χ3n) is 6.53. The second-order valence-corrected chi connectivity index (χ2v) is 7.96. The maximum atomic E-state index is 12.7. The smallest absolute Gasteiger partial charge is 0.244 e. The molecular weight excluding hydrogens is 328 g/mol. The second-order valence-electron chi connectivity index (χ2n) is 7.96. The lowest BCUT2D eigenvalue weighted by atomic mass is 9.85. The molecule has 1 aromatic rings. The van der Waals surface area contributed by atoms with Gasteiger partial charge in [-0.25, -0.2) is 0 Å². The standard InChI is InChI=1S/C21H22N2O3/c24-17(22-16-7-3-5-12-4-1-2-6-15(12)16)11-23-20(25)18-13-8-9-14(10-13)19(18)21(23)26/h3,5,7-9,13-14,18-19H,1-2,4,6,10-11H2,(H,22,24)/t13-,14-,18-,19-/m0/s1. The van der Waals surface area contributed by atoms with Crippen molar-refractivity contribution in [3.8, 4) is 0 Å². The Balaban J connectivity index is 1.31. The van der Waals surface area contributed by atoms with E-state index in [-0.39, 0.29) is 47.9 Å². The van der Waals surface area contributed by atoms with Gasteiger partial charge in [-0.2, -0.15) is 0 Å². The Kier molecular flexibility index (Phi) is 3.52. The van der Waals surface area contributed by atoms with Gasteiger partial charge in [0.05, 0.1) is 11.8 Å². The summed E-state index contributed by atoms with van der Waals surface area (Å²) < 4.78 is 0. The number of hydrogen-bond donors (Lipinski definition) is 1. The summed E-state index contributed by atoms with van der Waals surface area (Å²) in [7, 11) is 0. The Morgan fingerprint density at radius 1 is 1.04 bits per heavy atom. The van der Waals surface area contributed by atoms with Gasteiger partial charge in [0, 0.05) is 5.69 Å². The molecule has 0 radical (unpaired) electrons. The number of amides is 3. The Bertz CT molecular complexity index is 814. The number of nitrogens with zero attached hydrogens (tertiary/aromatic N) is 1. The highest BCUT2D eigenvalue weighted by Gasteiger charge is 2.59. The Labute approximate surface area is 152 Å². The van der Waals surface area contributed by atoms with Crippen molar-refractivity contribution in [2.24, 2.45) is 23.7 Å². The number of nitrogens with one attached hydrogen (secondary N) is 1. The van der Waals surface area contributed by atoms with Gasteiger partial charge in [-0.15, -0.1) is 0 Å². The summed E-state index contributed by atoms with van der Waals surface area (Å²) in [5.74, 6) is -0.744. The number of allylic oxidation sites excluding steroid dienone is 2. The van der Waals surface area contributed by atoms with Gasteiger partial charge in [0.15, 0.2) is 0 Å². The molecule has 0 unspecified atom stereocenters. The molecule has 0 aromatic heterocycles. The molecule has 1 aromatic carbocycles. The summed E-state index contributed by atoms with van der Waals surface area (Å²) in [5.41, 5.74) is 3.32. The number of carbonyl (C=O) groups excluding carboxylic acids is 3. The zero-order valence-corrected chi connectivity index (χ0v) is 14.6. The van der Waals surface area contributed by atoms with Crippen LogP contribution in [-0.4, -0.2) is 29.2 Å². The van der Waals surface area contributed by atoms with E-state index < -0.39 is 0 Å². The van der Waals surface area contributed by atoms with E-state index in [0.717, 1.165) is 31.4 Å². The van der Waals surface area contributed by atoms with Crippen LogP contribution in [0.2, 0.25) is 0 Å². The van der Waals surface area contributed by atoms with Crippen molar-refractivity contribution >= 4 is 23.4 Å². The van der Waals surface area contributed by atoms with Crippen LogP contribution >= 0.6 is 0 Å². The maximum Gasteiger partial charge on any atom is 0.244 e. The molecule has 3 amide bonds. The van der Waals surface area contributed by atoms with Gasteiger partial charge < -0.3 is 5.32 Å². The zero-order chi connectivity index (χ0) is 17.8. The van der Waals surface area contributed by atoms with Gasteiger partial charge in [-0.3, -0.25) is 19.3 Å². The lowest BCUT2D eigenvalue weighted by molar-refractivity contribution is -0.143. The molecule has 4 atom stereocenters. The van der Waals surface area contributed by atoms with E-state index in [1.54, 1.807) is 0 Å². The zero-order valence-electron chi connectivity index (χ0n) is 14.6. The van der Waals surface area contributed by atoms with Crippen LogP contribution in [0.25, 0.3) is 0 Å². The molecule has 2 fully saturated rings. The quantitative estimate of drug-likeness (QED) is 0.672. The fourth-order valence-electron chi connectivity index (χ4n) is 5.35. The first-order chi connectivity index (χ1) is 12.6. The fourth-order valence-corrected chi connectivity index (χ4v) is 5.35. The normalized spacial score (nSPS) is 31.3. The molecule has 1 N–H and O–H groups in total. The number of imide groups is 1. The summed E-state index contributed by atoms with van der Waals surface area (Å²) in [5, 5.41) is 2.94. The van der Waals surface area contributed by atoms with Crippen LogP contribution in [0.4, 0.5) is 5.69 Å². The molecule has 5 nitrogen and oxygen atoms in total. The highest BCUT2D eigenvalue weighted by atomic mass is 16.2. The molecule has 0 spiro atoms. The van der Waals surface area contributed by atoms with Gasteiger partial charge in [-0.1, -0.05) is 24.3 Å².